The lowest BCUT2D eigenvalue weighted by Gasteiger charge is -2.05. The summed E-state index contributed by atoms with van der Waals surface area (Å²) in [6.07, 6.45) is 6.12. The van der Waals surface area contributed by atoms with Gasteiger partial charge < -0.3 is 9.67 Å². The first-order valence-corrected chi connectivity index (χ1v) is 8.16. The van der Waals surface area contributed by atoms with Crippen LogP contribution in [0, 0.1) is 0 Å². The first-order valence-electron chi connectivity index (χ1n) is 8.16. The van der Waals surface area contributed by atoms with E-state index >= 15 is 0 Å². The van der Waals surface area contributed by atoms with Gasteiger partial charge in [-0.25, -0.2) is 0 Å². The van der Waals surface area contributed by atoms with Crippen LogP contribution in [0.15, 0.2) is 47.4 Å². The van der Waals surface area contributed by atoms with Gasteiger partial charge >= 0.3 is 5.97 Å². The van der Waals surface area contributed by atoms with Gasteiger partial charge in [-0.1, -0.05) is 50.3 Å². The number of hydrogen-bond acceptors (Lipinski definition) is 2. The lowest BCUT2D eigenvalue weighted by molar-refractivity contribution is -0.137. The largest absolute Gasteiger partial charge is 0.481 e. The highest BCUT2D eigenvalue weighted by atomic mass is 16.4. The molecule has 1 N–H and O–H groups in total. The second-order valence-electron chi connectivity index (χ2n) is 6.14. The van der Waals surface area contributed by atoms with Crippen LogP contribution in [0.3, 0.4) is 0 Å². The molecule has 2 aromatic rings. The Kier molecular flexibility index (Phi) is 6.13. The van der Waals surface area contributed by atoms with Gasteiger partial charge in [0, 0.05) is 25.2 Å². The van der Waals surface area contributed by atoms with E-state index in [1.54, 1.807) is 12.3 Å². The third-order valence-electron chi connectivity index (χ3n) is 3.88. The number of nitrogens with zero attached hydrogens (tertiary/aromatic N) is 1. The van der Waals surface area contributed by atoms with Crippen LogP contribution in [0.4, 0.5) is 0 Å². The normalized spacial score (nSPS) is 11.3. The predicted molar refractivity (Wildman–Crippen MR) is 97.0 cm³/mol. The van der Waals surface area contributed by atoms with Gasteiger partial charge in [0.15, 0.2) is 0 Å². The standard InChI is InChI=1S/C20H23NO3/c1-15(2)18-9-7-16(8-10-18)5-6-17-11-13-21(19(22)14-17)12-3-4-20(23)24/h5-11,13-15H,3-4,12H2,1-2H3,(H,23,24)/b6-5+. The third kappa shape index (κ3) is 5.23. The summed E-state index contributed by atoms with van der Waals surface area (Å²) in [7, 11) is 0. The molecular formula is C20H23NO3. The molecule has 0 unspecified atom stereocenters. The lowest BCUT2D eigenvalue weighted by Crippen LogP contribution is -2.19. The monoisotopic (exact) mass is 325 g/mol. The Bertz CT molecular complexity index is 770. The number of carboxylic acid groups (broad SMARTS) is 1. The molecule has 126 valence electrons. The van der Waals surface area contributed by atoms with Crippen molar-refractivity contribution in [2.45, 2.75) is 39.2 Å². The summed E-state index contributed by atoms with van der Waals surface area (Å²) in [5.74, 6) is -0.331. The summed E-state index contributed by atoms with van der Waals surface area (Å²) in [5.41, 5.74) is 3.11. The summed E-state index contributed by atoms with van der Waals surface area (Å²) in [5, 5.41) is 8.63. The molecule has 1 aromatic carbocycles. The van der Waals surface area contributed by atoms with Crippen LogP contribution in [-0.2, 0) is 11.3 Å². The molecule has 0 bridgehead atoms. The van der Waals surface area contributed by atoms with Crippen molar-refractivity contribution in [2.24, 2.45) is 0 Å². The second-order valence-corrected chi connectivity index (χ2v) is 6.14. The molecule has 0 saturated carbocycles. The Labute approximate surface area is 142 Å². The van der Waals surface area contributed by atoms with Gasteiger partial charge in [0.25, 0.3) is 5.56 Å². The maximum Gasteiger partial charge on any atom is 0.303 e. The fourth-order valence-corrected chi connectivity index (χ4v) is 2.40. The maximum atomic E-state index is 12.0. The van der Waals surface area contributed by atoms with Crippen LogP contribution in [-0.4, -0.2) is 15.6 Å². The molecule has 4 heteroatoms. The molecule has 0 aliphatic carbocycles. The molecule has 1 aromatic heterocycles. The van der Waals surface area contributed by atoms with Gasteiger partial charge in [0.2, 0.25) is 0 Å². The van der Waals surface area contributed by atoms with Crippen LogP contribution in [0.2, 0.25) is 0 Å². The molecule has 2 rings (SSSR count). The van der Waals surface area contributed by atoms with Crippen molar-refractivity contribution < 1.29 is 9.90 Å². The fourth-order valence-electron chi connectivity index (χ4n) is 2.40. The Hall–Kier alpha value is -2.62. The van der Waals surface area contributed by atoms with Gasteiger partial charge in [-0.3, -0.25) is 9.59 Å². The van der Waals surface area contributed by atoms with Gasteiger partial charge in [-0.15, -0.1) is 0 Å². The average Bonchev–Trinajstić information content (AvgIpc) is 2.55. The average molecular weight is 325 g/mol. The second kappa shape index (κ2) is 8.29. The Balaban J connectivity index is 2.03. The minimum Gasteiger partial charge on any atom is -0.481 e. The van der Waals surface area contributed by atoms with E-state index in [0.29, 0.717) is 18.9 Å². The van der Waals surface area contributed by atoms with Crippen molar-refractivity contribution in [3.63, 3.8) is 0 Å². The minimum absolute atomic E-state index is 0.0699. The van der Waals surface area contributed by atoms with E-state index in [1.807, 2.05) is 18.2 Å². The number of carbonyl (C=O) groups is 1. The summed E-state index contributed by atoms with van der Waals surface area (Å²) in [6.45, 7) is 4.75. The molecule has 24 heavy (non-hydrogen) atoms. The first kappa shape index (κ1) is 17.7. The highest BCUT2D eigenvalue weighted by molar-refractivity contribution is 5.69. The first-order chi connectivity index (χ1) is 11.5. The van der Waals surface area contributed by atoms with Crippen LogP contribution < -0.4 is 5.56 Å². The quantitative estimate of drug-likeness (QED) is 0.837. The number of aryl methyl sites for hydroxylation is 1. The number of aliphatic carboxylic acids is 1. The van der Waals surface area contributed by atoms with E-state index in [9.17, 15) is 9.59 Å². The number of pyridine rings is 1. The molecule has 4 nitrogen and oxygen atoms in total. The molecule has 0 amide bonds. The minimum atomic E-state index is -0.842. The van der Waals surface area contributed by atoms with Crippen LogP contribution in [0.1, 0.15) is 49.3 Å². The molecule has 0 fully saturated rings. The highest BCUT2D eigenvalue weighted by Gasteiger charge is 2.00. The molecule has 0 aliphatic heterocycles. The van der Waals surface area contributed by atoms with Crippen molar-refractivity contribution in [1.82, 2.24) is 4.57 Å². The molecule has 0 aliphatic rings. The van der Waals surface area contributed by atoms with Gasteiger partial charge in [-0.2, -0.15) is 0 Å². The summed E-state index contributed by atoms with van der Waals surface area (Å²) in [6, 6.07) is 11.8. The van der Waals surface area contributed by atoms with Crippen molar-refractivity contribution >= 4 is 18.1 Å². The van der Waals surface area contributed by atoms with Gasteiger partial charge in [-0.05, 0) is 35.1 Å². The Morgan fingerprint density at radius 3 is 2.38 bits per heavy atom. The fraction of sp³-hybridized carbons (Fsp3) is 0.300. The zero-order chi connectivity index (χ0) is 17.5. The van der Waals surface area contributed by atoms with Crippen LogP contribution >= 0.6 is 0 Å². The van der Waals surface area contributed by atoms with Crippen LogP contribution in [0.25, 0.3) is 12.2 Å². The Morgan fingerprint density at radius 1 is 1.12 bits per heavy atom. The predicted octanol–water partition coefficient (Wildman–Crippen LogP) is 4.01. The summed E-state index contributed by atoms with van der Waals surface area (Å²) >= 11 is 0. The van der Waals surface area contributed by atoms with E-state index in [4.69, 9.17) is 5.11 Å². The number of hydrogen-bond donors (Lipinski definition) is 1. The zero-order valence-corrected chi connectivity index (χ0v) is 14.1. The highest BCUT2D eigenvalue weighted by Crippen LogP contribution is 2.16. The van der Waals surface area contributed by atoms with Crippen molar-refractivity contribution in [2.75, 3.05) is 0 Å². The summed E-state index contributed by atoms with van der Waals surface area (Å²) in [4.78, 5) is 22.5. The van der Waals surface area contributed by atoms with Crippen molar-refractivity contribution in [1.29, 1.82) is 0 Å². The lowest BCUT2D eigenvalue weighted by atomic mass is 10.0. The number of carboxylic acids is 1. The zero-order valence-electron chi connectivity index (χ0n) is 14.1. The Morgan fingerprint density at radius 2 is 1.79 bits per heavy atom. The van der Waals surface area contributed by atoms with Crippen molar-refractivity contribution in [3.05, 3.63) is 69.6 Å². The smallest absolute Gasteiger partial charge is 0.303 e. The molecule has 0 radical (unpaired) electrons. The molecule has 0 spiro atoms. The molecule has 0 atom stereocenters. The topological polar surface area (TPSA) is 59.3 Å². The van der Waals surface area contributed by atoms with E-state index in [0.717, 1.165) is 11.1 Å². The van der Waals surface area contributed by atoms with E-state index in [2.05, 4.69) is 38.1 Å². The van der Waals surface area contributed by atoms with E-state index in [-0.39, 0.29) is 12.0 Å². The molecule has 1 heterocycles. The third-order valence-corrected chi connectivity index (χ3v) is 3.88. The number of aromatic nitrogens is 1. The van der Waals surface area contributed by atoms with Crippen molar-refractivity contribution in [3.8, 4) is 0 Å². The summed E-state index contributed by atoms with van der Waals surface area (Å²) < 4.78 is 1.54. The molecule has 0 saturated heterocycles. The van der Waals surface area contributed by atoms with Gasteiger partial charge in [0.1, 0.15) is 0 Å². The molecular weight excluding hydrogens is 302 g/mol. The van der Waals surface area contributed by atoms with Crippen LogP contribution in [0.5, 0.6) is 0 Å². The van der Waals surface area contributed by atoms with E-state index < -0.39 is 5.97 Å². The SMILES string of the molecule is CC(C)c1ccc(/C=C/c2ccn(CCCC(=O)O)c(=O)c2)cc1. The maximum absolute atomic E-state index is 12.0. The number of rotatable bonds is 7. The number of benzene rings is 1. The van der Waals surface area contributed by atoms with Gasteiger partial charge in [0.05, 0.1) is 0 Å². The van der Waals surface area contributed by atoms with E-state index in [1.165, 1.54) is 10.1 Å².